The maximum Gasteiger partial charge on any atom is 0.475 e. The minimum Gasteiger partial charge on any atom is -0.447 e. The van der Waals surface area contributed by atoms with Crippen LogP contribution in [-0.2, 0) is 9.53 Å². The number of alkyl halides is 2. The molecule has 196 valence electrons. The molecule has 0 aliphatic carbocycles. The van der Waals surface area contributed by atoms with Crippen molar-refractivity contribution in [1.29, 1.82) is 5.26 Å². The van der Waals surface area contributed by atoms with Crippen LogP contribution < -0.4 is 5.32 Å². The van der Waals surface area contributed by atoms with E-state index in [1.807, 2.05) is 19.9 Å². The Bertz CT molecular complexity index is 831. The highest BCUT2D eigenvalue weighted by molar-refractivity contribution is 6.43. The van der Waals surface area contributed by atoms with Crippen LogP contribution in [0.2, 0.25) is 0 Å². The molecule has 2 amide bonds. The van der Waals surface area contributed by atoms with Gasteiger partial charge in [0.15, 0.2) is 0 Å². The van der Waals surface area contributed by atoms with Gasteiger partial charge >= 0.3 is 13.2 Å². The Hall–Kier alpha value is -2.23. The van der Waals surface area contributed by atoms with Crippen molar-refractivity contribution in [3.63, 3.8) is 0 Å². The van der Waals surface area contributed by atoms with Crippen molar-refractivity contribution in [3.05, 3.63) is 11.6 Å². The number of piperidine rings is 1. The summed E-state index contributed by atoms with van der Waals surface area (Å²) in [7, 11) is -1.74. The zero-order valence-corrected chi connectivity index (χ0v) is 21.0. The molecule has 0 aromatic heterocycles. The second kappa shape index (κ2) is 12.1. The number of ether oxygens (including phenoxy) is 1. The second-order valence-electron chi connectivity index (χ2n) is 10.4. The summed E-state index contributed by atoms with van der Waals surface area (Å²) >= 11 is 0. The minimum atomic E-state index is -2.79. The highest BCUT2D eigenvalue weighted by Gasteiger charge is 2.43. The molecule has 2 fully saturated rings. The van der Waals surface area contributed by atoms with Crippen molar-refractivity contribution in [1.82, 2.24) is 15.1 Å². The van der Waals surface area contributed by atoms with Gasteiger partial charge in [-0.05, 0) is 51.5 Å². The fourth-order valence-corrected chi connectivity index (χ4v) is 4.54. The Kier molecular flexibility index (Phi) is 10.1. The van der Waals surface area contributed by atoms with Gasteiger partial charge in [-0.25, -0.2) is 13.6 Å². The molecule has 2 atom stereocenters. The van der Waals surface area contributed by atoms with Crippen LogP contribution in [0.15, 0.2) is 11.6 Å². The third-order valence-electron chi connectivity index (χ3n) is 6.52. The standard InChI is InChI=1S/C23H37BF2N4O5/c1-16(2)11-19(24(33)34)28-21(32)35-14-18-7-5-6-9-30(18)20(31)17(13-27)12-22(3,4)29-10-8-23(25,26)15-29/h12,16,18-19,33-34H,5-11,14-15H2,1-4H3,(H,28,32)/t18-,19?/m1/s1. The minimum absolute atomic E-state index is 0.112. The zero-order valence-electron chi connectivity index (χ0n) is 21.0. The Morgan fingerprint density at radius 2 is 2.00 bits per heavy atom. The van der Waals surface area contributed by atoms with E-state index in [-0.39, 0.29) is 31.1 Å². The highest BCUT2D eigenvalue weighted by atomic mass is 19.3. The lowest BCUT2D eigenvalue weighted by atomic mass is 9.75. The molecule has 0 saturated carbocycles. The van der Waals surface area contributed by atoms with Gasteiger partial charge in [-0.3, -0.25) is 9.69 Å². The number of likely N-dealkylation sites (tertiary alicyclic amines) is 2. The maximum absolute atomic E-state index is 13.7. The van der Waals surface area contributed by atoms with E-state index in [9.17, 15) is 33.7 Å². The van der Waals surface area contributed by atoms with E-state index >= 15 is 0 Å². The van der Waals surface area contributed by atoms with Gasteiger partial charge in [-0.15, -0.1) is 0 Å². The summed E-state index contributed by atoms with van der Waals surface area (Å²) in [4.78, 5) is 28.5. The van der Waals surface area contributed by atoms with Gasteiger partial charge in [-0.2, -0.15) is 5.26 Å². The monoisotopic (exact) mass is 498 g/mol. The molecule has 9 nitrogen and oxygen atoms in total. The molecule has 0 aromatic rings. The fourth-order valence-electron chi connectivity index (χ4n) is 4.54. The van der Waals surface area contributed by atoms with Gasteiger partial charge in [0.2, 0.25) is 0 Å². The van der Waals surface area contributed by atoms with Gasteiger partial charge in [0.05, 0.1) is 18.5 Å². The number of carbonyl (C=O) groups excluding carboxylic acids is 2. The van der Waals surface area contributed by atoms with Gasteiger partial charge < -0.3 is 25.0 Å². The van der Waals surface area contributed by atoms with E-state index in [1.54, 1.807) is 18.7 Å². The van der Waals surface area contributed by atoms with Gasteiger partial charge in [0.1, 0.15) is 18.2 Å². The molecule has 2 aliphatic rings. The molecule has 0 spiro atoms. The summed E-state index contributed by atoms with van der Waals surface area (Å²) in [6.45, 7) is 7.15. The number of alkyl carbamates (subject to hydrolysis) is 1. The topological polar surface area (TPSA) is 126 Å². The summed E-state index contributed by atoms with van der Waals surface area (Å²) in [5, 5.41) is 31.1. The molecular formula is C23H37BF2N4O5. The molecule has 35 heavy (non-hydrogen) atoms. The molecule has 2 heterocycles. The van der Waals surface area contributed by atoms with Crippen LogP contribution >= 0.6 is 0 Å². The number of halogens is 2. The number of nitriles is 1. The summed E-state index contributed by atoms with van der Waals surface area (Å²) in [5.74, 6) is -4.10. The molecule has 0 aromatic carbocycles. The van der Waals surface area contributed by atoms with Gasteiger partial charge in [-0.1, -0.05) is 13.8 Å². The van der Waals surface area contributed by atoms with Crippen molar-refractivity contribution in [2.45, 2.75) is 83.2 Å². The van der Waals surface area contributed by atoms with E-state index in [4.69, 9.17) is 4.74 Å². The Labute approximate surface area is 206 Å². The first kappa shape index (κ1) is 29.0. The Morgan fingerprint density at radius 1 is 1.31 bits per heavy atom. The lowest BCUT2D eigenvalue weighted by molar-refractivity contribution is -0.131. The number of rotatable bonds is 9. The SMILES string of the molecule is CC(C)CC(NC(=O)OC[C@H]1CCCCN1C(=O)C(C#N)=CC(C)(C)N1CCC(F)(F)C1)B(O)O. The second-order valence-corrected chi connectivity index (χ2v) is 10.4. The van der Waals surface area contributed by atoms with Crippen LogP contribution in [0, 0.1) is 17.2 Å². The molecule has 2 saturated heterocycles. The van der Waals surface area contributed by atoms with Crippen molar-refractivity contribution >= 4 is 19.1 Å². The Balaban J connectivity index is 2.06. The number of hydrogen-bond donors (Lipinski definition) is 3. The number of carbonyl (C=O) groups is 2. The van der Waals surface area contributed by atoms with Crippen molar-refractivity contribution in [2.75, 3.05) is 26.2 Å². The molecule has 0 bridgehead atoms. The summed E-state index contributed by atoms with van der Waals surface area (Å²) < 4.78 is 32.7. The third-order valence-corrected chi connectivity index (χ3v) is 6.52. The Morgan fingerprint density at radius 3 is 2.54 bits per heavy atom. The lowest BCUT2D eigenvalue weighted by Gasteiger charge is -2.36. The molecule has 0 radical (unpaired) electrons. The van der Waals surface area contributed by atoms with Crippen molar-refractivity contribution < 1.29 is 33.2 Å². The number of amides is 2. The zero-order chi connectivity index (χ0) is 26.4. The first-order valence-corrected chi connectivity index (χ1v) is 12.1. The number of nitrogens with zero attached hydrogens (tertiary/aromatic N) is 3. The van der Waals surface area contributed by atoms with E-state index in [2.05, 4.69) is 5.32 Å². The maximum atomic E-state index is 13.7. The molecule has 3 N–H and O–H groups in total. The first-order chi connectivity index (χ1) is 16.3. The predicted octanol–water partition coefficient (Wildman–Crippen LogP) is 2.09. The van der Waals surface area contributed by atoms with E-state index in [0.29, 0.717) is 19.4 Å². The van der Waals surface area contributed by atoms with Crippen LogP contribution in [0.5, 0.6) is 0 Å². The van der Waals surface area contributed by atoms with Crippen molar-refractivity contribution in [2.24, 2.45) is 5.92 Å². The van der Waals surface area contributed by atoms with Crippen LogP contribution in [0.1, 0.15) is 59.8 Å². The van der Waals surface area contributed by atoms with Crippen LogP contribution in [0.3, 0.4) is 0 Å². The van der Waals surface area contributed by atoms with Crippen LogP contribution in [0.4, 0.5) is 13.6 Å². The quantitative estimate of drug-likeness (QED) is 0.253. The molecule has 12 heteroatoms. The summed E-state index contributed by atoms with van der Waals surface area (Å²) in [6, 6.07) is 1.46. The summed E-state index contributed by atoms with van der Waals surface area (Å²) in [5.41, 5.74) is -1.05. The largest absolute Gasteiger partial charge is 0.475 e. The van der Waals surface area contributed by atoms with Crippen LogP contribution in [0.25, 0.3) is 0 Å². The van der Waals surface area contributed by atoms with Crippen molar-refractivity contribution in [3.8, 4) is 6.07 Å². The average Bonchev–Trinajstić information content (AvgIpc) is 3.15. The third kappa shape index (κ3) is 8.44. The normalized spacial score (nSPS) is 22.0. The highest BCUT2D eigenvalue weighted by Crippen LogP contribution is 2.33. The van der Waals surface area contributed by atoms with Crippen LogP contribution in [-0.4, -0.2) is 88.7 Å². The number of hydrogen-bond acceptors (Lipinski definition) is 7. The molecule has 2 rings (SSSR count). The van der Waals surface area contributed by atoms with Gasteiger partial charge in [0, 0.05) is 25.0 Å². The predicted molar refractivity (Wildman–Crippen MR) is 126 cm³/mol. The number of nitrogens with one attached hydrogen (secondary N) is 1. The summed E-state index contributed by atoms with van der Waals surface area (Å²) in [6.07, 6.45) is 2.79. The first-order valence-electron chi connectivity index (χ1n) is 12.1. The van der Waals surface area contributed by atoms with Gasteiger partial charge in [0.25, 0.3) is 11.8 Å². The molecular weight excluding hydrogens is 461 g/mol. The fraction of sp³-hybridized carbons (Fsp3) is 0.783. The lowest BCUT2D eigenvalue weighted by Crippen LogP contribution is -2.50. The average molecular weight is 498 g/mol. The smallest absolute Gasteiger partial charge is 0.447 e. The molecule has 2 aliphatic heterocycles. The van der Waals surface area contributed by atoms with E-state index < -0.39 is 49.1 Å². The van der Waals surface area contributed by atoms with E-state index in [1.165, 1.54) is 11.0 Å². The van der Waals surface area contributed by atoms with E-state index in [0.717, 1.165) is 12.8 Å². The molecule has 1 unspecified atom stereocenters.